The first-order valence-electron chi connectivity index (χ1n) is 9.16. The van der Waals surface area contributed by atoms with Crippen LogP contribution in [-0.2, 0) is 4.79 Å². The van der Waals surface area contributed by atoms with Crippen LogP contribution in [0.2, 0.25) is 5.02 Å². The van der Waals surface area contributed by atoms with E-state index in [-0.39, 0.29) is 17.5 Å². The fourth-order valence-corrected chi connectivity index (χ4v) is 4.34. The zero-order valence-corrected chi connectivity index (χ0v) is 19.1. The first-order chi connectivity index (χ1) is 15.0. The van der Waals surface area contributed by atoms with E-state index in [1.165, 1.54) is 23.9 Å². The van der Waals surface area contributed by atoms with E-state index in [4.69, 9.17) is 11.6 Å². The molecule has 1 heterocycles. The molecule has 3 aromatic carbocycles. The van der Waals surface area contributed by atoms with Gasteiger partial charge < -0.3 is 5.32 Å². The molecule has 0 saturated carbocycles. The minimum atomic E-state index is -0.335. The Balaban J connectivity index is 1.58. The molecule has 0 aliphatic carbocycles. The van der Waals surface area contributed by atoms with Crippen molar-refractivity contribution in [1.29, 1.82) is 0 Å². The average molecular weight is 518 g/mol. The molecular formula is C22H15BrClFN4OS. The highest BCUT2D eigenvalue weighted by molar-refractivity contribution is 9.10. The van der Waals surface area contributed by atoms with Crippen LogP contribution in [-0.4, -0.2) is 26.4 Å². The molecule has 0 aliphatic heterocycles. The normalized spacial score (nSPS) is 10.8. The van der Waals surface area contributed by atoms with E-state index >= 15 is 0 Å². The van der Waals surface area contributed by atoms with Gasteiger partial charge in [-0.05, 0) is 42.5 Å². The molecule has 0 spiro atoms. The topological polar surface area (TPSA) is 59.8 Å². The van der Waals surface area contributed by atoms with Crippen molar-refractivity contribution in [2.75, 3.05) is 11.1 Å². The van der Waals surface area contributed by atoms with Crippen LogP contribution >= 0.6 is 39.3 Å². The van der Waals surface area contributed by atoms with E-state index in [0.29, 0.717) is 27.4 Å². The van der Waals surface area contributed by atoms with Gasteiger partial charge in [-0.2, -0.15) is 0 Å². The van der Waals surface area contributed by atoms with Crippen molar-refractivity contribution >= 4 is 50.9 Å². The van der Waals surface area contributed by atoms with Gasteiger partial charge in [-0.3, -0.25) is 9.36 Å². The molecule has 0 fully saturated rings. The number of amides is 1. The molecule has 0 aliphatic rings. The summed E-state index contributed by atoms with van der Waals surface area (Å²) in [6, 6.07) is 20.8. The van der Waals surface area contributed by atoms with E-state index < -0.39 is 0 Å². The third kappa shape index (κ3) is 5.15. The Morgan fingerprint density at radius 3 is 2.52 bits per heavy atom. The van der Waals surface area contributed by atoms with Crippen molar-refractivity contribution in [1.82, 2.24) is 14.8 Å². The van der Waals surface area contributed by atoms with Crippen molar-refractivity contribution in [2.24, 2.45) is 0 Å². The molecule has 4 rings (SSSR count). The number of rotatable bonds is 6. The molecule has 1 N–H and O–H groups in total. The van der Waals surface area contributed by atoms with Crippen molar-refractivity contribution in [3.8, 4) is 17.1 Å². The van der Waals surface area contributed by atoms with Crippen LogP contribution < -0.4 is 5.32 Å². The van der Waals surface area contributed by atoms with E-state index in [2.05, 4.69) is 31.4 Å². The lowest BCUT2D eigenvalue weighted by atomic mass is 10.2. The summed E-state index contributed by atoms with van der Waals surface area (Å²) in [6.07, 6.45) is 0. The highest BCUT2D eigenvalue weighted by atomic mass is 79.9. The van der Waals surface area contributed by atoms with Crippen LogP contribution in [0.25, 0.3) is 17.1 Å². The maximum absolute atomic E-state index is 13.5. The lowest BCUT2D eigenvalue weighted by Gasteiger charge is -2.11. The molecule has 0 atom stereocenters. The van der Waals surface area contributed by atoms with Crippen LogP contribution in [0.1, 0.15) is 0 Å². The van der Waals surface area contributed by atoms with Crippen LogP contribution in [0.3, 0.4) is 0 Å². The molecule has 1 aromatic heterocycles. The van der Waals surface area contributed by atoms with Crippen molar-refractivity contribution in [3.05, 3.63) is 88.1 Å². The maximum atomic E-state index is 13.5. The van der Waals surface area contributed by atoms with Gasteiger partial charge in [-0.25, -0.2) is 4.39 Å². The van der Waals surface area contributed by atoms with Gasteiger partial charge in [-0.15, -0.1) is 10.2 Å². The van der Waals surface area contributed by atoms with Crippen molar-refractivity contribution in [2.45, 2.75) is 5.16 Å². The molecule has 1 amide bonds. The first-order valence-corrected chi connectivity index (χ1v) is 11.3. The Hall–Kier alpha value is -2.68. The molecule has 156 valence electrons. The fraction of sp³-hybridized carbons (Fsp3) is 0.0455. The van der Waals surface area contributed by atoms with Gasteiger partial charge in [0.15, 0.2) is 11.0 Å². The Morgan fingerprint density at radius 1 is 1.06 bits per heavy atom. The molecule has 4 aromatic rings. The number of benzene rings is 3. The van der Waals surface area contributed by atoms with Crippen LogP contribution in [0, 0.1) is 5.82 Å². The Morgan fingerprint density at radius 2 is 1.81 bits per heavy atom. The molecule has 5 nitrogen and oxygen atoms in total. The molecular weight excluding hydrogens is 503 g/mol. The summed E-state index contributed by atoms with van der Waals surface area (Å²) in [4.78, 5) is 12.5. The monoisotopic (exact) mass is 516 g/mol. The Labute approximate surface area is 195 Å². The SMILES string of the molecule is O=C(CSc1nnc(-c2ccccc2)n1-c1ccc(F)cc1)Nc1ccc(Br)cc1Cl. The van der Waals surface area contributed by atoms with E-state index in [9.17, 15) is 9.18 Å². The van der Waals surface area contributed by atoms with E-state index in [1.54, 1.807) is 34.9 Å². The Kier molecular flexibility index (Phi) is 6.70. The predicted octanol–water partition coefficient (Wildman–Crippen LogP) is 6.22. The molecule has 31 heavy (non-hydrogen) atoms. The molecule has 0 unspecified atom stereocenters. The van der Waals surface area contributed by atoms with Crippen molar-refractivity contribution < 1.29 is 9.18 Å². The highest BCUT2D eigenvalue weighted by Crippen LogP contribution is 2.29. The number of carbonyl (C=O) groups is 1. The standard InChI is InChI=1S/C22H15BrClFN4OS/c23-15-6-11-19(18(24)12-15)26-20(30)13-31-22-28-27-21(14-4-2-1-3-5-14)29(22)17-9-7-16(25)8-10-17/h1-12H,13H2,(H,26,30). The number of thioether (sulfide) groups is 1. The van der Waals surface area contributed by atoms with Crippen LogP contribution in [0.15, 0.2) is 82.4 Å². The number of aromatic nitrogens is 3. The number of carbonyl (C=O) groups excluding carboxylic acids is 1. The number of nitrogens with zero attached hydrogens (tertiary/aromatic N) is 3. The number of nitrogens with one attached hydrogen (secondary N) is 1. The molecule has 9 heteroatoms. The summed E-state index contributed by atoms with van der Waals surface area (Å²) in [7, 11) is 0. The van der Waals surface area contributed by atoms with E-state index in [0.717, 1.165) is 10.0 Å². The first kappa shape index (κ1) is 21.5. The number of hydrogen-bond donors (Lipinski definition) is 1. The molecule has 0 bridgehead atoms. The minimum Gasteiger partial charge on any atom is -0.324 e. The van der Waals surface area contributed by atoms with Gasteiger partial charge in [0.05, 0.1) is 16.5 Å². The van der Waals surface area contributed by atoms with Gasteiger partial charge in [-0.1, -0.05) is 69.6 Å². The number of halogens is 3. The Bertz CT molecular complexity index is 1220. The lowest BCUT2D eigenvalue weighted by Crippen LogP contribution is -2.15. The molecule has 0 radical (unpaired) electrons. The highest BCUT2D eigenvalue weighted by Gasteiger charge is 2.17. The van der Waals surface area contributed by atoms with Crippen molar-refractivity contribution in [3.63, 3.8) is 0 Å². The average Bonchev–Trinajstić information content (AvgIpc) is 3.19. The zero-order chi connectivity index (χ0) is 21.8. The fourth-order valence-electron chi connectivity index (χ4n) is 2.87. The zero-order valence-electron chi connectivity index (χ0n) is 15.9. The third-order valence-electron chi connectivity index (χ3n) is 4.29. The maximum Gasteiger partial charge on any atom is 0.234 e. The third-order valence-corrected chi connectivity index (χ3v) is 6.02. The second-order valence-corrected chi connectivity index (χ2v) is 8.71. The van der Waals surface area contributed by atoms with Gasteiger partial charge in [0.1, 0.15) is 5.82 Å². The quantitative estimate of drug-likeness (QED) is 0.309. The number of hydrogen-bond acceptors (Lipinski definition) is 4. The van der Waals surface area contributed by atoms with Gasteiger partial charge in [0, 0.05) is 15.7 Å². The summed E-state index contributed by atoms with van der Waals surface area (Å²) >= 11 is 10.7. The minimum absolute atomic E-state index is 0.0977. The summed E-state index contributed by atoms with van der Waals surface area (Å²) in [5, 5.41) is 12.3. The molecule has 0 saturated heterocycles. The van der Waals surface area contributed by atoms with Crippen LogP contribution in [0.5, 0.6) is 0 Å². The smallest absolute Gasteiger partial charge is 0.234 e. The largest absolute Gasteiger partial charge is 0.324 e. The second kappa shape index (κ2) is 9.64. The van der Waals surface area contributed by atoms with Gasteiger partial charge in [0.2, 0.25) is 5.91 Å². The van der Waals surface area contributed by atoms with Gasteiger partial charge in [0.25, 0.3) is 0 Å². The number of anilines is 1. The van der Waals surface area contributed by atoms with E-state index in [1.807, 2.05) is 30.3 Å². The van der Waals surface area contributed by atoms with Gasteiger partial charge >= 0.3 is 0 Å². The summed E-state index contributed by atoms with van der Waals surface area (Å²) < 4.78 is 16.1. The second-order valence-electron chi connectivity index (χ2n) is 6.45. The summed E-state index contributed by atoms with van der Waals surface area (Å²) in [5.41, 5.74) is 2.09. The summed E-state index contributed by atoms with van der Waals surface area (Å²) in [6.45, 7) is 0. The van der Waals surface area contributed by atoms with Crippen LogP contribution in [0.4, 0.5) is 10.1 Å². The lowest BCUT2D eigenvalue weighted by molar-refractivity contribution is -0.113. The summed E-state index contributed by atoms with van der Waals surface area (Å²) in [5.74, 6) is 0.133. The predicted molar refractivity (Wildman–Crippen MR) is 125 cm³/mol.